The third kappa shape index (κ3) is 2.00. The summed E-state index contributed by atoms with van der Waals surface area (Å²) >= 11 is 0. The molecule has 1 aromatic heterocycles. The number of amides is 1. The summed E-state index contributed by atoms with van der Waals surface area (Å²) in [7, 11) is 1.73. The maximum atomic E-state index is 12.3. The molecule has 0 bridgehead atoms. The number of carbonyl (C=O) groups is 1. The Morgan fingerprint density at radius 1 is 1.71 bits per heavy atom. The average Bonchev–Trinajstić information content (AvgIpc) is 2.80. The first-order chi connectivity index (χ1) is 8.04. The number of anilines is 1. The first-order valence-corrected chi connectivity index (χ1v) is 5.75. The molecule has 3 N–H and O–H groups in total. The number of aliphatic hydroxyl groups is 1. The van der Waals surface area contributed by atoms with Crippen LogP contribution in [0.4, 0.5) is 5.69 Å². The van der Waals surface area contributed by atoms with Gasteiger partial charge in [0.15, 0.2) is 5.69 Å². The molecule has 1 saturated heterocycles. The van der Waals surface area contributed by atoms with Crippen LogP contribution in [0.3, 0.4) is 0 Å². The van der Waals surface area contributed by atoms with Gasteiger partial charge >= 0.3 is 0 Å². The fraction of sp³-hybridized carbons (Fsp3) is 0.636. The predicted molar refractivity (Wildman–Crippen MR) is 63.3 cm³/mol. The third-order valence-corrected chi connectivity index (χ3v) is 3.39. The van der Waals surface area contributed by atoms with E-state index < -0.39 is 0 Å². The van der Waals surface area contributed by atoms with E-state index in [1.54, 1.807) is 18.1 Å². The van der Waals surface area contributed by atoms with Crippen molar-refractivity contribution in [1.82, 2.24) is 14.7 Å². The van der Waals surface area contributed by atoms with Crippen molar-refractivity contribution in [3.8, 4) is 0 Å². The van der Waals surface area contributed by atoms with Crippen molar-refractivity contribution >= 4 is 11.6 Å². The quantitative estimate of drug-likeness (QED) is 0.750. The first kappa shape index (κ1) is 11.9. The molecule has 0 saturated carbocycles. The van der Waals surface area contributed by atoms with Crippen molar-refractivity contribution in [3.05, 3.63) is 11.9 Å². The zero-order valence-corrected chi connectivity index (χ0v) is 10.1. The smallest absolute Gasteiger partial charge is 0.276 e. The van der Waals surface area contributed by atoms with Gasteiger partial charge in [0, 0.05) is 19.8 Å². The minimum absolute atomic E-state index is 0.0142. The Kier molecular flexibility index (Phi) is 3.06. The summed E-state index contributed by atoms with van der Waals surface area (Å²) in [6.07, 6.45) is 2.52. The molecule has 0 radical (unpaired) electrons. The molecule has 2 heterocycles. The highest BCUT2D eigenvalue weighted by Gasteiger charge is 2.35. The lowest BCUT2D eigenvalue weighted by molar-refractivity contribution is 0.0642. The van der Waals surface area contributed by atoms with E-state index >= 15 is 0 Å². The average molecular weight is 238 g/mol. The number of aryl methyl sites for hydroxylation is 1. The fourth-order valence-electron chi connectivity index (χ4n) is 2.35. The van der Waals surface area contributed by atoms with Gasteiger partial charge in [0.05, 0.1) is 18.3 Å². The van der Waals surface area contributed by atoms with Crippen LogP contribution in [0.1, 0.15) is 23.8 Å². The molecule has 17 heavy (non-hydrogen) atoms. The van der Waals surface area contributed by atoms with E-state index in [9.17, 15) is 9.90 Å². The van der Waals surface area contributed by atoms with Crippen molar-refractivity contribution in [3.63, 3.8) is 0 Å². The number of nitrogens with two attached hydrogens (primary N) is 1. The topological polar surface area (TPSA) is 84.4 Å². The van der Waals surface area contributed by atoms with Crippen molar-refractivity contribution < 1.29 is 9.90 Å². The summed E-state index contributed by atoms with van der Waals surface area (Å²) in [5.41, 5.74) is 6.40. The molecule has 1 aliphatic heterocycles. The molecule has 6 heteroatoms. The monoisotopic (exact) mass is 238 g/mol. The van der Waals surface area contributed by atoms with E-state index in [2.05, 4.69) is 5.10 Å². The zero-order chi connectivity index (χ0) is 12.6. The molecule has 1 amide bonds. The molecule has 1 aromatic rings. The van der Waals surface area contributed by atoms with Gasteiger partial charge in [-0.05, 0) is 12.3 Å². The van der Waals surface area contributed by atoms with Crippen LogP contribution in [0.25, 0.3) is 0 Å². The molecule has 2 unspecified atom stereocenters. The Balaban J connectivity index is 2.23. The maximum absolute atomic E-state index is 12.3. The largest absolute Gasteiger partial charge is 0.396 e. The van der Waals surface area contributed by atoms with Gasteiger partial charge in [-0.1, -0.05) is 6.92 Å². The summed E-state index contributed by atoms with van der Waals surface area (Å²) < 4.78 is 1.52. The Morgan fingerprint density at radius 2 is 2.41 bits per heavy atom. The fourth-order valence-corrected chi connectivity index (χ4v) is 2.35. The number of hydrogen-bond acceptors (Lipinski definition) is 4. The standard InChI is InChI=1S/C11H18N4O2/c1-7-3-4-15(9(7)6-16)11(17)10-8(12)5-14(2)13-10/h5,7,9,16H,3-4,6,12H2,1-2H3. The number of nitrogen functional groups attached to an aromatic ring is 1. The van der Waals surface area contributed by atoms with Gasteiger partial charge in [0.1, 0.15) is 0 Å². The molecule has 1 fully saturated rings. The number of rotatable bonds is 2. The second kappa shape index (κ2) is 4.37. The number of nitrogens with zero attached hydrogens (tertiary/aromatic N) is 3. The summed E-state index contributed by atoms with van der Waals surface area (Å²) in [6.45, 7) is 2.68. The van der Waals surface area contributed by atoms with Crippen molar-refractivity contribution in [1.29, 1.82) is 0 Å². The van der Waals surface area contributed by atoms with Gasteiger partial charge in [0.25, 0.3) is 5.91 Å². The second-order valence-electron chi connectivity index (χ2n) is 4.62. The summed E-state index contributed by atoms with van der Waals surface area (Å²) in [6, 6.07) is -0.121. The molecule has 0 aromatic carbocycles. The van der Waals surface area contributed by atoms with Crippen LogP contribution >= 0.6 is 0 Å². The molecule has 2 rings (SSSR count). The van der Waals surface area contributed by atoms with Gasteiger partial charge in [-0.25, -0.2) is 0 Å². The van der Waals surface area contributed by atoms with Gasteiger partial charge < -0.3 is 15.7 Å². The first-order valence-electron chi connectivity index (χ1n) is 5.75. The van der Waals surface area contributed by atoms with Crippen LogP contribution in [0.5, 0.6) is 0 Å². The highest BCUT2D eigenvalue weighted by atomic mass is 16.3. The normalized spacial score (nSPS) is 24.3. The van der Waals surface area contributed by atoms with Gasteiger partial charge in [-0.15, -0.1) is 0 Å². The number of aromatic nitrogens is 2. The van der Waals surface area contributed by atoms with Gasteiger partial charge in [-0.2, -0.15) is 5.10 Å². The number of carbonyl (C=O) groups excluding carboxylic acids is 1. The van der Waals surface area contributed by atoms with E-state index in [1.165, 1.54) is 4.68 Å². The Morgan fingerprint density at radius 3 is 2.94 bits per heavy atom. The minimum atomic E-state index is -0.188. The highest BCUT2D eigenvalue weighted by Crippen LogP contribution is 2.26. The van der Waals surface area contributed by atoms with Crippen LogP contribution in [0.15, 0.2) is 6.20 Å². The number of hydrogen-bond donors (Lipinski definition) is 2. The van der Waals surface area contributed by atoms with Crippen LogP contribution in [0, 0.1) is 5.92 Å². The number of likely N-dealkylation sites (tertiary alicyclic amines) is 1. The highest BCUT2D eigenvalue weighted by molar-refractivity contribution is 5.97. The van der Waals surface area contributed by atoms with Crippen LogP contribution in [-0.2, 0) is 7.05 Å². The molecule has 2 atom stereocenters. The lowest BCUT2D eigenvalue weighted by Crippen LogP contribution is -2.40. The lowest BCUT2D eigenvalue weighted by Gasteiger charge is -2.24. The Bertz CT molecular complexity index is 429. The van der Waals surface area contributed by atoms with Crippen molar-refractivity contribution in [2.45, 2.75) is 19.4 Å². The molecule has 1 aliphatic rings. The molecule has 94 valence electrons. The SMILES string of the molecule is CC1CCN(C(=O)c2nn(C)cc2N)C1CO. The predicted octanol–water partition coefficient (Wildman–Crippen LogP) is -0.155. The molecule has 0 spiro atoms. The van der Waals surface area contributed by atoms with Crippen LogP contribution < -0.4 is 5.73 Å². The maximum Gasteiger partial charge on any atom is 0.276 e. The summed E-state index contributed by atoms with van der Waals surface area (Å²) in [5, 5.41) is 13.4. The third-order valence-electron chi connectivity index (χ3n) is 3.39. The molecular weight excluding hydrogens is 220 g/mol. The second-order valence-corrected chi connectivity index (χ2v) is 4.62. The summed E-state index contributed by atoms with van der Waals surface area (Å²) in [4.78, 5) is 13.9. The van der Waals surface area contributed by atoms with E-state index in [4.69, 9.17) is 5.73 Å². The van der Waals surface area contributed by atoms with Gasteiger partial charge in [-0.3, -0.25) is 9.48 Å². The van der Waals surface area contributed by atoms with E-state index in [-0.39, 0.29) is 24.2 Å². The Labute approximate surface area is 100 Å². The molecular formula is C11H18N4O2. The van der Waals surface area contributed by atoms with Crippen molar-refractivity contribution in [2.24, 2.45) is 13.0 Å². The van der Waals surface area contributed by atoms with E-state index in [0.29, 0.717) is 18.2 Å². The molecule has 6 nitrogen and oxygen atoms in total. The van der Waals surface area contributed by atoms with Crippen LogP contribution in [0.2, 0.25) is 0 Å². The minimum Gasteiger partial charge on any atom is -0.396 e. The zero-order valence-electron chi connectivity index (χ0n) is 10.1. The molecule has 0 aliphatic carbocycles. The van der Waals surface area contributed by atoms with Crippen molar-refractivity contribution in [2.75, 3.05) is 18.9 Å². The van der Waals surface area contributed by atoms with E-state index in [1.807, 2.05) is 6.92 Å². The lowest BCUT2D eigenvalue weighted by atomic mass is 10.0. The summed E-state index contributed by atoms with van der Waals surface area (Å²) in [5.74, 6) is 0.125. The number of aliphatic hydroxyl groups excluding tert-OH is 1. The Hall–Kier alpha value is -1.56. The van der Waals surface area contributed by atoms with Crippen LogP contribution in [-0.4, -0.2) is 44.9 Å². The van der Waals surface area contributed by atoms with E-state index in [0.717, 1.165) is 6.42 Å². The van der Waals surface area contributed by atoms with Gasteiger partial charge in [0.2, 0.25) is 0 Å².